The lowest BCUT2D eigenvalue weighted by Gasteiger charge is -2.36. The van der Waals surface area contributed by atoms with Crippen molar-refractivity contribution < 1.29 is 0 Å². The van der Waals surface area contributed by atoms with Crippen LogP contribution in [-0.4, -0.2) is 37.6 Å². The second-order valence-electron chi connectivity index (χ2n) is 6.08. The van der Waals surface area contributed by atoms with Crippen molar-refractivity contribution in [1.29, 1.82) is 0 Å². The first-order valence-electron chi connectivity index (χ1n) is 8.16. The van der Waals surface area contributed by atoms with Crippen molar-refractivity contribution >= 4 is 0 Å². The van der Waals surface area contributed by atoms with E-state index in [1.807, 2.05) is 0 Å². The third kappa shape index (κ3) is 6.19. The van der Waals surface area contributed by atoms with Crippen molar-refractivity contribution in [1.82, 2.24) is 10.2 Å². The Morgan fingerprint density at radius 3 is 2.50 bits per heavy atom. The molecular formula is C16H34N2. The summed E-state index contributed by atoms with van der Waals surface area (Å²) in [6.07, 6.45) is 11.3. The molecule has 2 nitrogen and oxygen atoms in total. The lowest BCUT2D eigenvalue weighted by atomic mass is 9.85. The molecule has 1 fully saturated rings. The monoisotopic (exact) mass is 254 g/mol. The van der Waals surface area contributed by atoms with Crippen LogP contribution in [0.1, 0.15) is 65.2 Å². The zero-order valence-corrected chi connectivity index (χ0v) is 12.9. The SMILES string of the molecule is CCNCCCCCCN(C)C1CCCCC1C. The van der Waals surface area contributed by atoms with Gasteiger partial charge in [-0.15, -0.1) is 0 Å². The molecule has 0 aliphatic heterocycles. The van der Waals surface area contributed by atoms with E-state index >= 15 is 0 Å². The zero-order valence-electron chi connectivity index (χ0n) is 12.9. The Morgan fingerprint density at radius 2 is 1.78 bits per heavy atom. The number of nitrogens with zero attached hydrogens (tertiary/aromatic N) is 1. The van der Waals surface area contributed by atoms with Gasteiger partial charge >= 0.3 is 0 Å². The molecule has 0 spiro atoms. The Balaban J connectivity index is 2.00. The van der Waals surface area contributed by atoms with Crippen LogP contribution in [0.25, 0.3) is 0 Å². The van der Waals surface area contributed by atoms with E-state index in [4.69, 9.17) is 0 Å². The molecule has 0 heterocycles. The van der Waals surface area contributed by atoms with Crippen molar-refractivity contribution in [2.75, 3.05) is 26.7 Å². The molecule has 1 aliphatic carbocycles. The minimum absolute atomic E-state index is 0.862. The van der Waals surface area contributed by atoms with Crippen LogP contribution in [0.5, 0.6) is 0 Å². The number of rotatable bonds is 9. The quantitative estimate of drug-likeness (QED) is 0.632. The first kappa shape index (κ1) is 16.0. The molecule has 0 radical (unpaired) electrons. The Labute approximate surface area is 115 Å². The fraction of sp³-hybridized carbons (Fsp3) is 1.00. The van der Waals surface area contributed by atoms with Crippen LogP contribution >= 0.6 is 0 Å². The smallest absolute Gasteiger partial charge is 0.0118 e. The molecular weight excluding hydrogens is 220 g/mol. The molecule has 1 saturated carbocycles. The molecule has 0 aromatic carbocycles. The highest BCUT2D eigenvalue weighted by atomic mass is 15.1. The largest absolute Gasteiger partial charge is 0.317 e. The van der Waals surface area contributed by atoms with Crippen LogP contribution < -0.4 is 5.32 Å². The summed E-state index contributed by atoms with van der Waals surface area (Å²) >= 11 is 0. The van der Waals surface area contributed by atoms with Gasteiger partial charge in [-0.2, -0.15) is 0 Å². The van der Waals surface area contributed by atoms with Gasteiger partial charge in [-0.1, -0.05) is 39.5 Å². The van der Waals surface area contributed by atoms with Crippen molar-refractivity contribution in [3.63, 3.8) is 0 Å². The Kier molecular flexibility index (Phi) is 8.70. The van der Waals surface area contributed by atoms with Gasteiger partial charge in [0.25, 0.3) is 0 Å². The van der Waals surface area contributed by atoms with Crippen LogP contribution in [0, 0.1) is 5.92 Å². The Morgan fingerprint density at radius 1 is 1.06 bits per heavy atom. The molecule has 18 heavy (non-hydrogen) atoms. The molecule has 1 aliphatic rings. The third-order valence-corrected chi connectivity index (χ3v) is 4.50. The first-order valence-corrected chi connectivity index (χ1v) is 8.16. The van der Waals surface area contributed by atoms with Crippen molar-refractivity contribution in [3.05, 3.63) is 0 Å². The summed E-state index contributed by atoms with van der Waals surface area (Å²) in [6.45, 7) is 8.24. The summed E-state index contributed by atoms with van der Waals surface area (Å²) in [5.41, 5.74) is 0. The summed E-state index contributed by atoms with van der Waals surface area (Å²) < 4.78 is 0. The zero-order chi connectivity index (χ0) is 13.2. The molecule has 1 N–H and O–H groups in total. The van der Waals surface area contributed by atoms with Crippen molar-refractivity contribution in [3.8, 4) is 0 Å². The van der Waals surface area contributed by atoms with E-state index in [9.17, 15) is 0 Å². The molecule has 0 aromatic heterocycles. The molecule has 0 amide bonds. The molecule has 2 unspecified atom stereocenters. The fourth-order valence-corrected chi connectivity index (χ4v) is 3.26. The number of hydrogen-bond donors (Lipinski definition) is 1. The average Bonchev–Trinajstić information content (AvgIpc) is 2.38. The molecule has 0 saturated heterocycles. The average molecular weight is 254 g/mol. The van der Waals surface area contributed by atoms with E-state index in [0.717, 1.165) is 18.5 Å². The fourth-order valence-electron chi connectivity index (χ4n) is 3.26. The van der Waals surface area contributed by atoms with Crippen LogP contribution in [0.4, 0.5) is 0 Å². The van der Waals surface area contributed by atoms with E-state index in [-0.39, 0.29) is 0 Å². The van der Waals surface area contributed by atoms with Gasteiger partial charge in [0.1, 0.15) is 0 Å². The predicted octanol–water partition coefficient (Wildman–Crippen LogP) is 3.67. The number of unbranched alkanes of at least 4 members (excludes halogenated alkanes) is 3. The van der Waals surface area contributed by atoms with E-state index in [0.29, 0.717) is 0 Å². The van der Waals surface area contributed by atoms with Gasteiger partial charge in [-0.25, -0.2) is 0 Å². The van der Waals surface area contributed by atoms with Crippen LogP contribution in [0.2, 0.25) is 0 Å². The first-order chi connectivity index (χ1) is 8.75. The summed E-state index contributed by atoms with van der Waals surface area (Å²) in [6, 6.07) is 0.862. The van der Waals surface area contributed by atoms with E-state index in [1.54, 1.807) is 0 Å². The molecule has 2 atom stereocenters. The Bertz CT molecular complexity index is 194. The highest BCUT2D eigenvalue weighted by Gasteiger charge is 2.24. The molecule has 0 aromatic rings. The number of hydrogen-bond acceptors (Lipinski definition) is 2. The van der Waals surface area contributed by atoms with E-state index < -0.39 is 0 Å². The van der Waals surface area contributed by atoms with Gasteiger partial charge in [-0.05, 0) is 58.3 Å². The highest BCUT2D eigenvalue weighted by Crippen LogP contribution is 2.27. The third-order valence-electron chi connectivity index (χ3n) is 4.50. The van der Waals surface area contributed by atoms with Gasteiger partial charge in [0.2, 0.25) is 0 Å². The van der Waals surface area contributed by atoms with Crippen molar-refractivity contribution in [2.45, 2.75) is 71.3 Å². The maximum Gasteiger partial charge on any atom is 0.0118 e. The minimum atomic E-state index is 0.862. The molecule has 0 bridgehead atoms. The maximum atomic E-state index is 3.40. The van der Waals surface area contributed by atoms with Gasteiger partial charge in [0.15, 0.2) is 0 Å². The summed E-state index contributed by atoms with van der Waals surface area (Å²) in [4.78, 5) is 2.63. The van der Waals surface area contributed by atoms with E-state index in [2.05, 4.69) is 31.1 Å². The van der Waals surface area contributed by atoms with Gasteiger partial charge in [-0.3, -0.25) is 0 Å². The van der Waals surface area contributed by atoms with Crippen molar-refractivity contribution in [2.24, 2.45) is 5.92 Å². The predicted molar refractivity (Wildman–Crippen MR) is 81.1 cm³/mol. The number of nitrogens with one attached hydrogen (secondary N) is 1. The summed E-state index contributed by atoms with van der Waals surface area (Å²) in [7, 11) is 2.34. The van der Waals surface area contributed by atoms with Crippen LogP contribution in [0.15, 0.2) is 0 Å². The normalized spacial score (nSPS) is 24.7. The van der Waals surface area contributed by atoms with E-state index in [1.165, 1.54) is 64.5 Å². The lowest BCUT2D eigenvalue weighted by molar-refractivity contribution is 0.137. The second kappa shape index (κ2) is 9.80. The highest BCUT2D eigenvalue weighted by molar-refractivity contribution is 4.79. The summed E-state index contributed by atoms with van der Waals surface area (Å²) in [5, 5.41) is 3.40. The molecule has 1 rings (SSSR count). The molecule has 108 valence electrons. The van der Waals surface area contributed by atoms with Crippen LogP contribution in [0.3, 0.4) is 0 Å². The van der Waals surface area contributed by atoms with Crippen LogP contribution in [-0.2, 0) is 0 Å². The second-order valence-corrected chi connectivity index (χ2v) is 6.08. The topological polar surface area (TPSA) is 15.3 Å². The van der Waals surface area contributed by atoms with Gasteiger partial charge in [0, 0.05) is 6.04 Å². The maximum absolute atomic E-state index is 3.40. The standard InChI is InChI=1S/C16H34N2/c1-4-17-13-9-5-6-10-14-18(3)16-12-8-7-11-15(16)2/h15-17H,4-14H2,1-3H3. The molecule has 2 heteroatoms. The van der Waals surface area contributed by atoms with Gasteiger partial charge < -0.3 is 10.2 Å². The Hall–Kier alpha value is -0.0800. The lowest BCUT2D eigenvalue weighted by Crippen LogP contribution is -2.39. The van der Waals surface area contributed by atoms with Gasteiger partial charge in [0.05, 0.1) is 0 Å². The minimum Gasteiger partial charge on any atom is -0.317 e. The summed E-state index contributed by atoms with van der Waals surface area (Å²) in [5.74, 6) is 0.914.